The van der Waals surface area contributed by atoms with E-state index in [9.17, 15) is 24.6 Å². The molecule has 0 aromatic heterocycles. The molecule has 1 spiro atoms. The molecule has 3 fully saturated rings. The molecule has 2 aromatic rings. The first-order chi connectivity index (χ1) is 20.1. The van der Waals surface area contributed by atoms with Gasteiger partial charge in [-0.3, -0.25) is 14.5 Å². The van der Waals surface area contributed by atoms with E-state index in [-0.39, 0.29) is 37.0 Å². The van der Waals surface area contributed by atoms with Gasteiger partial charge in [-0.15, -0.1) is 0 Å². The van der Waals surface area contributed by atoms with Crippen LogP contribution in [0.25, 0.3) is 0 Å². The number of rotatable bonds is 7. The van der Waals surface area contributed by atoms with E-state index in [0.29, 0.717) is 26.2 Å². The first kappa shape index (κ1) is 28.6. The third-order valence-electron chi connectivity index (χ3n) is 9.52. The predicted molar refractivity (Wildman–Crippen MR) is 155 cm³/mol. The van der Waals surface area contributed by atoms with Gasteiger partial charge >= 0.3 is 6.09 Å². The fourth-order valence-corrected chi connectivity index (χ4v) is 7.62. The molecule has 4 heterocycles. The lowest BCUT2D eigenvalue weighted by molar-refractivity contribution is -0.150. The summed E-state index contributed by atoms with van der Waals surface area (Å²) in [4.78, 5) is 44.9. The van der Waals surface area contributed by atoms with E-state index in [4.69, 9.17) is 9.47 Å². The van der Waals surface area contributed by atoms with Crippen LogP contribution >= 0.6 is 0 Å². The zero-order chi connectivity index (χ0) is 29.8. The number of hydrogen-bond acceptors (Lipinski definition) is 7. The summed E-state index contributed by atoms with van der Waals surface area (Å²) in [5.74, 6) is -1.27. The maximum atomic E-state index is 14.5. The molecular weight excluding hydrogens is 538 g/mol. The Hall–Kier alpha value is -3.47. The number of para-hydroxylation sites is 1. The van der Waals surface area contributed by atoms with Crippen LogP contribution < -0.4 is 9.80 Å². The maximum Gasteiger partial charge on any atom is 0.414 e. The Morgan fingerprint density at radius 3 is 2.50 bits per heavy atom. The van der Waals surface area contributed by atoms with Crippen LogP contribution in [0, 0.1) is 11.8 Å². The molecule has 10 heteroatoms. The summed E-state index contributed by atoms with van der Waals surface area (Å²) in [5.41, 5.74) is 0.519. The highest BCUT2D eigenvalue weighted by Crippen LogP contribution is 2.58. The van der Waals surface area contributed by atoms with E-state index >= 15 is 0 Å². The second kappa shape index (κ2) is 10.7. The Kier molecular flexibility index (Phi) is 7.27. The average Bonchev–Trinajstić information content (AvgIpc) is 3.72. The van der Waals surface area contributed by atoms with Gasteiger partial charge in [0, 0.05) is 29.6 Å². The van der Waals surface area contributed by atoms with E-state index in [0.717, 1.165) is 35.3 Å². The number of anilines is 2. The predicted octanol–water partition coefficient (Wildman–Crippen LogP) is 3.18. The standard InChI is InChI=1S/C32H39N3O7/c1-20-28(31(2,3)40)26(17-27(37)33-14-6-7-23(33)19-36)42-32(20)24-8-4-5-9-25(24)35(29(32)38)18-21-10-12-22(13-11-21)34-15-16-41-30(34)39/h4-5,8-13,20,23,26,28,36,40H,6-7,14-19H2,1-3H3/t20-,23+,26+,28-,32+/m1/s1. The van der Waals surface area contributed by atoms with Crippen LogP contribution in [0.15, 0.2) is 48.5 Å². The number of cyclic esters (lactones) is 1. The number of hydrogen-bond donors (Lipinski definition) is 2. The fraction of sp³-hybridized carbons (Fsp3) is 0.531. The second-order valence-electron chi connectivity index (χ2n) is 12.5. The number of aliphatic hydroxyl groups excluding tert-OH is 1. The fourth-order valence-electron chi connectivity index (χ4n) is 7.62. The maximum absolute atomic E-state index is 14.5. The molecule has 4 aliphatic rings. The normalized spacial score (nSPS) is 29.1. The number of fused-ring (bicyclic) bond motifs is 2. The molecule has 0 radical (unpaired) electrons. The van der Waals surface area contributed by atoms with Crippen LogP contribution in [-0.4, -0.2) is 77.1 Å². The van der Waals surface area contributed by atoms with Crippen LogP contribution in [0.5, 0.6) is 0 Å². The van der Waals surface area contributed by atoms with Crippen LogP contribution in [0.4, 0.5) is 16.2 Å². The molecule has 3 amide bonds. The summed E-state index contributed by atoms with van der Waals surface area (Å²) in [5, 5.41) is 21.1. The molecule has 6 rings (SSSR count). The van der Waals surface area contributed by atoms with Crippen molar-refractivity contribution < 1.29 is 34.1 Å². The Balaban J connectivity index is 1.30. The van der Waals surface area contributed by atoms with Gasteiger partial charge in [-0.05, 0) is 50.5 Å². The lowest BCUT2D eigenvalue weighted by Crippen LogP contribution is -2.46. The van der Waals surface area contributed by atoms with Gasteiger partial charge in [-0.25, -0.2) is 4.79 Å². The molecule has 5 atom stereocenters. The number of ether oxygens (including phenoxy) is 2. The van der Waals surface area contributed by atoms with Crippen LogP contribution in [0.3, 0.4) is 0 Å². The van der Waals surface area contributed by atoms with Gasteiger partial charge in [0.05, 0.1) is 49.6 Å². The van der Waals surface area contributed by atoms with Crippen molar-refractivity contribution in [3.8, 4) is 0 Å². The summed E-state index contributed by atoms with van der Waals surface area (Å²) in [6.45, 7) is 7.00. The molecule has 10 nitrogen and oxygen atoms in total. The number of nitrogens with zero attached hydrogens (tertiary/aromatic N) is 3. The summed E-state index contributed by atoms with van der Waals surface area (Å²) in [6.07, 6.45) is 0.553. The Morgan fingerprint density at radius 1 is 1.10 bits per heavy atom. The van der Waals surface area contributed by atoms with E-state index in [2.05, 4.69) is 0 Å². The highest BCUT2D eigenvalue weighted by atomic mass is 16.6. The molecular formula is C32H39N3O7. The smallest absolute Gasteiger partial charge is 0.414 e. The van der Waals surface area contributed by atoms with Crippen molar-refractivity contribution in [2.75, 3.05) is 36.1 Å². The molecule has 4 aliphatic heterocycles. The highest BCUT2D eigenvalue weighted by molar-refractivity contribution is 6.07. The number of benzene rings is 2. The highest BCUT2D eigenvalue weighted by Gasteiger charge is 2.66. The third-order valence-corrected chi connectivity index (χ3v) is 9.52. The van der Waals surface area contributed by atoms with E-state index in [1.54, 1.807) is 28.5 Å². The van der Waals surface area contributed by atoms with Gasteiger partial charge in [-0.1, -0.05) is 37.3 Å². The average molecular weight is 578 g/mol. The third kappa shape index (κ3) is 4.56. The summed E-state index contributed by atoms with van der Waals surface area (Å²) in [6, 6.07) is 14.9. The molecule has 2 N–H and O–H groups in total. The summed E-state index contributed by atoms with van der Waals surface area (Å²) in [7, 11) is 0. The van der Waals surface area contributed by atoms with Crippen molar-refractivity contribution in [2.24, 2.45) is 11.8 Å². The van der Waals surface area contributed by atoms with E-state index in [1.165, 1.54) is 0 Å². The summed E-state index contributed by atoms with van der Waals surface area (Å²) >= 11 is 0. The van der Waals surface area contributed by atoms with Gasteiger partial charge in [0.15, 0.2) is 5.60 Å². The molecule has 0 unspecified atom stereocenters. The molecule has 224 valence electrons. The monoisotopic (exact) mass is 577 g/mol. The largest absolute Gasteiger partial charge is 0.447 e. The van der Waals surface area contributed by atoms with Gasteiger partial charge in [0.1, 0.15) is 6.61 Å². The first-order valence-electron chi connectivity index (χ1n) is 14.8. The summed E-state index contributed by atoms with van der Waals surface area (Å²) < 4.78 is 11.8. The minimum absolute atomic E-state index is 0.0209. The van der Waals surface area contributed by atoms with Crippen molar-refractivity contribution in [1.82, 2.24) is 4.90 Å². The van der Waals surface area contributed by atoms with E-state index < -0.39 is 29.1 Å². The van der Waals surface area contributed by atoms with Crippen molar-refractivity contribution in [3.63, 3.8) is 0 Å². The molecule has 42 heavy (non-hydrogen) atoms. The van der Waals surface area contributed by atoms with Gasteiger partial charge in [0.2, 0.25) is 5.91 Å². The van der Waals surface area contributed by atoms with Gasteiger partial charge in [-0.2, -0.15) is 0 Å². The lowest BCUT2D eigenvalue weighted by Gasteiger charge is -2.34. The second-order valence-corrected chi connectivity index (χ2v) is 12.5. The Bertz CT molecular complexity index is 1370. The lowest BCUT2D eigenvalue weighted by atomic mass is 9.71. The number of carbonyl (C=O) groups excluding carboxylic acids is 3. The number of aliphatic hydroxyl groups is 2. The first-order valence-corrected chi connectivity index (χ1v) is 14.8. The van der Waals surface area contributed by atoms with Crippen molar-refractivity contribution >= 4 is 29.3 Å². The molecule has 0 bridgehead atoms. The van der Waals surface area contributed by atoms with Crippen LogP contribution in [0.2, 0.25) is 0 Å². The molecule has 0 saturated carbocycles. The van der Waals surface area contributed by atoms with Crippen molar-refractivity contribution in [2.45, 2.75) is 69.9 Å². The molecule has 3 saturated heterocycles. The number of likely N-dealkylation sites (tertiary alicyclic amines) is 1. The minimum Gasteiger partial charge on any atom is -0.447 e. The topological polar surface area (TPSA) is 120 Å². The molecule has 0 aliphatic carbocycles. The number of amides is 3. The Labute approximate surface area is 245 Å². The van der Waals surface area contributed by atoms with Crippen LogP contribution in [0.1, 0.15) is 51.2 Å². The SMILES string of the molecule is C[C@@H]1[C@@H](C(C)(C)O)[C@H](CC(=O)N2CCC[C@H]2CO)O[C@@]12C(=O)N(Cc1ccc(N3CCOC3=O)cc1)c1ccccc12. The van der Waals surface area contributed by atoms with E-state index in [1.807, 2.05) is 55.5 Å². The zero-order valence-electron chi connectivity index (χ0n) is 24.4. The van der Waals surface area contributed by atoms with Gasteiger partial charge < -0.3 is 29.5 Å². The van der Waals surface area contributed by atoms with Crippen molar-refractivity contribution in [3.05, 3.63) is 59.7 Å². The Morgan fingerprint density at radius 2 is 1.83 bits per heavy atom. The zero-order valence-corrected chi connectivity index (χ0v) is 24.4. The van der Waals surface area contributed by atoms with Gasteiger partial charge in [0.25, 0.3) is 5.91 Å². The quantitative estimate of drug-likeness (QED) is 0.519. The van der Waals surface area contributed by atoms with Crippen LogP contribution in [-0.2, 0) is 31.2 Å². The molecule has 2 aromatic carbocycles. The number of carbonyl (C=O) groups is 3. The van der Waals surface area contributed by atoms with Crippen molar-refractivity contribution in [1.29, 1.82) is 0 Å². The minimum atomic E-state index is -1.35.